The quantitative estimate of drug-likeness (QED) is 0.556. The fourth-order valence-corrected chi connectivity index (χ4v) is 2.59. The first-order valence-corrected chi connectivity index (χ1v) is 6.94. The summed E-state index contributed by atoms with van der Waals surface area (Å²) in [5.74, 6) is 0. The Hall–Kier alpha value is -2.58. The number of aromatic nitrogens is 1. The number of nitrogens with zero attached hydrogens (tertiary/aromatic N) is 2. The van der Waals surface area contributed by atoms with E-state index in [9.17, 15) is 18.4 Å². The largest absolute Gasteiger partial charge is 0.416 e. The Balaban J connectivity index is 2.19. The van der Waals surface area contributed by atoms with Crippen LogP contribution in [0.2, 0.25) is 5.15 Å². The monoisotopic (exact) mass is 332 g/mol. The maximum Gasteiger partial charge on any atom is 0.416 e. The van der Waals surface area contributed by atoms with Crippen molar-refractivity contribution in [2.75, 3.05) is 0 Å². The Morgan fingerprint density at radius 3 is 2.52 bits per heavy atom. The van der Waals surface area contributed by atoms with Gasteiger partial charge in [-0.1, -0.05) is 29.8 Å². The van der Waals surface area contributed by atoms with Crippen molar-refractivity contribution in [2.24, 2.45) is 0 Å². The molecule has 3 aromatic rings. The first kappa shape index (κ1) is 15.3. The van der Waals surface area contributed by atoms with Gasteiger partial charge in [0.05, 0.1) is 17.2 Å². The lowest BCUT2D eigenvalue weighted by Crippen LogP contribution is -2.05. The minimum atomic E-state index is -4.49. The number of benzene rings is 2. The number of pyridine rings is 1. The highest BCUT2D eigenvalue weighted by molar-refractivity contribution is 6.34. The first-order valence-electron chi connectivity index (χ1n) is 6.56. The molecule has 0 fully saturated rings. The van der Waals surface area contributed by atoms with Crippen LogP contribution in [0.1, 0.15) is 11.1 Å². The highest BCUT2D eigenvalue weighted by Crippen LogP contribution is 2.34. The van der Waals surface area contributed by atoms with Crippen LogP contribution in [-0.2, 0) is 6.18 Å². The summed E-state index contributed by atoms with van der Waals surface area (Å²) in [5.41, 5.74) is 0.137. The van der Waals surface area contributed by atoms with Crippen molar-refractivity contribution in [1.82, 2.24) is 4.98 Å². The number of nitriles is 1. The zero-order valence-electron chi connectivity index (χ0n) is 11.5. The SMILES string of the molecule is N#Cc1cc(C(F)(F)F)ccc1-c1ccc2ccnc(Cl)c2c1. The first-order chi connectivity index (χ1) is 10.9. The van der Waals surface area contributed by atoms with Crippen LogP contribution in [0.3, 0.4) is 0 Å². The summed E-state index contributed by atoms with van der Waals surface area (Å²) in [4.78, 5) is 3.98. The second kappa shape index (κ2) is 5.56. The van der Waals surface area contributed by atoms with Crippen molar-refractivity contribution in [1.29, 1.82) is 5.26 Å². The highest BCUT2D eigenvalue weighted by atomic mass is 35.5. The van der Waals surface area contributed by atoms with Crippen LogP contribution >= 0.6 is 11.6 Å². The molecule has 1 heterocycles. The van der Waals surface area contributed by atoms with Crippen LogP contribution in [0.4, 0.5) is 13.2 Å². The molecule has 0 bridgehead atoms. The van der Waals surface area contributed by atoms with E-state index in [2.05, 4.69) is 4.98 Å². The molecule has 6 heteroatoms. The number of rotatable bonds is 1. The summed E-state index contributed by atoms with van der Waals surface area (Å²) in [6.45, 7) is 0. The molecule has 0 unspecified atom stereocenters. The van der Waals surface area contributed by atoms with E-state index in [1.165, 1.54) is 6.07 Å². The fraction of sp³-hybridized carbons (Fsp3) is 0.0588. The smallest absolute Gasteiger partial charge is 0.244 e. The van der Waals surface area contributed by atoms with E-state index in [1.54, 1.807) is 30.5 Å². The molecule has 0 N–H and O–H groups in total. The molecule has 114 valence electrons. The lowest BCUT2D eigenvalue weighted by atomic mass is 9.96. The Morgan fingerprint density at radius 2 is 1.83 bits per heavy atom. The maximum absolute atomic E-state index is 12.8. The van der Waals surface area contributed by atoms with Crippen molar-refractivity contribution >= 4 is 22.4 Å². The van der Waals surface area contributed by atoms with Crippen LogP contribution in [0.5, 0.6) is 0 Å². The van der Waals surface area contributed by atoms with E-state index < -0.39 is 11.7 Å². The summed E-state index contributed by atoms with van der Waals surface area (Å²) in [5, 5.41) is 11.0. The van der Waals surface area contributed by atoms with Crippen LogP contribution < -0.4 is 0 Å². The molecule has 2 aromatic carbocycles. The van der Waals surface area contributed by atoms with E-state index in [0.29, 0.717) is 21.7 Å². The zero-order valence-corrected chi connectivity index (χ0v) is 12.3. The normalized spacial score (nSPS) is 11.4. The molecule has 0 spiro atoms. The molecule has 0 aliphatic carbocycles. The van der Waals surface area contributed by atoms with Crippen LogP contribution in [0.15, 0.2) is 48.7 Å². The van der Waals surface area contributed by atoms with Gasteiger partial charge in [-0.15, -0.1) is 0 Å². The molecule has 0 amide bonds. The number of alkyl halides is 3. The molecule has 3 rings (SSSR count). The zero-order chi connectivity index (χ0) is 16.6. The van der Waals surface area contributed by atoms with Crippen molar-refractivity contribution in [3.8, 4) is 17.2 Å². The van der Waals surface area contributed by atoms with Crippen molar-refractivity contribution in [3.05, 3.63) is 64.9 Å². The number of halogens is 4. The molecule has 0 atom stereocenters. The molecule has 0 radical (unpaired) electrons. The minimum Gasteiger partial charge on any atom is -0.244 e. The van der Waals surface area contributed by atoms with Gasteiger partial charge in [0, 0.05) is 11.6 Å². The molecule has 1 aromatic heterocycles. The number of fused-ring (bicyclic) bond motifs is 1. The Bertz CT molecular complexity index is 943. The lowest BCUT2D eigenvalue weighted by Gasteiger charge is -2.11. The third-order valence-corrected chi connectivity index (χ3v) is 3.80. The predicted octanol–water partition coefficient (Wildman–Crippen LogP) is 5.45. The molecular weight excluding hydrogens is 325 g/mol. The average molecular weight is 333 g/mol. The molecule has 0 aliphatic heterocycles. The highest BCUT2D eigenvalue weighted by Gasteiger charge is 2.31. The third kappa shape index (κ3) is 2.86. The molecule has 2 nitrogen and oxygen atoms in total. The number of hydrogen-bond acceptors (Lipinski definition) is 2. The second-order valence-corrected chi connectivity index (χ2v) is 5.27. The summed E-state index contributed by atoms with van der Waals surface area (Å²) in [6, 6.07) is 12.0. The summed E-state index contributed by atoms with van der Waals surface area (Å²) in [6.07, 6.45) is -2.91. The van der Waals surface area contributed by atoms with Crippen molar-refractivity contribution in [3.63, 3.8) is 0 Å². The molecule has 0 saturated heterocycles. The Kier molecular flexibility index (Phi) is 3.70. The topological polar surface area (TPSA) is 36.7 Å². The predicted molar refractivity (Wildman–Crippen MR) is 81.9 cm³/mol. The lowest BCUT2D eigenvalue weighted by molar-refractivity contribution is -0.137. The van der Waals surface area contributed by atoms with E-state index in [0.717, 1.165) is 17.5 Å². The maximum atomic E-state index is 12.8. The van der Waals surface area contributed by atoms with E-state index in [1.807, 2.05) is 6.07 Å². The summed E-state index contributed by atoms with van der Waals surface area (Å²) < 4.78 is 38.3. The standard InChI is InChI=1S/C17H8ClF3N2/c18-16-15-8-11(2-1-10(15)5-6-23-16)14-4-3-13(17(19,20)21)7-12(14)9-22/h1-8H. The van der Waals surface area contributed by atoms with Gasteiger partial charge in [-0.2, -0.15) is 18.4 Å². The Morgan fingerprint density at radius 1 is 1.04 bits per heavy atom. The number of hydrogen-bond donors (Lipinski definition) is 0. The minimum absolute atomic E-state index is 0.0424. The van der Waals surface area contributed by atoms with Gasteiger partial charge in [-0.3, -0.25) is 0 Å². The molecule has 0 saturated carbocycles. The van der Waals surface area contributed by atoms with Crippen molar-refractivity contribution in [2.45, 2.75) is 6.18 Å². The van der Waals surface area contributed by atoms with Gasteiger partial charge in [-0.05, 0) is 40.8 Å². The van der Waals surface area contributed by atoms with E-state index in [4.69, 9.17) is 11.6 Å². The van der Waals surface area contributed by atoms with Crippen molar-refractivity contribution < 1.29 is 13.2 Å². The van der Waals surface area contributed by atoms with Gasteiger partial charge >= 0.3 is 6.18 Å². The second-order valence-electron chi connectivity index (χ2n) is 4.91. The van der Waals surface area contributed by atoms with E-state index in [-0.39, 0.29) is 5.56 Å². The summed E-state index contributed by atoms with van der Waals surface area (Å²) in [7, 11) is 0. The van der Waals surface area contributed by atoms with Gasteiger partial charge < -0.3 is 0 Å². The Labute approximate surface area is 134 Å². The summed E-state index contributed by atoms with van der Waals surface area (Å²) >= 11 is 6.05. The fourth-order valence-electron chi connectivity index (χ4n) is 2.37. The van der Waals surface area contributed by atoms with Gasteiger partial charge in [0.15, 0.2) is 0 Å². The average Bonchev–Trinajstić information content (AvgIpc) is 2.53. The molecule has 23 heavy (non-hydrogen) atoms. The van der Waals surface area contributed by atoms with Crippen LogP contribution in [0, 0.1) is 11.3 Å². The molecular formula is C17H8ClF3N2. The molecule has 0 aliphatic rings. The van der Waals surface area contributed by atoms with Crippen LogP contribution in [-0.4, -0.2) is 4.98 Å². The van der Waals surface area contributed by atoms with Gasteiger partial charge in [-0.25, -0.2) is 4.98 Å². The van der Waals surface area contributed by atoms with Gasteiger partial charge in [0.25, 0.3) is 0 Å². The van der Waals surface area contributed by atoms with Gasteiger partial charge in [0.2, 0.25) is 0 Å². The van der Waals surface area contributed by atoms with Gasteiger partial charge in [0.1, 0.15) is 5.15 Å². The third-order valence-electron chi connectivity index (χ3n) is 3.50. The van der Waals surface area contributed by atoms with E-state index >= 15 is 0 Å². The van der Waals surface area contributed by atoms with Crippen LogP contribution in [0.25, 0.3) is 21.9 Å².